The van der Waals surface area contributed by atoms with Crippen molar-refractivity contribution in [2.24, 2.45) is 0 Å². The monoisotopic (exact) mass is 279 g/mol. The van der Waals surface area contributed by atoms with Crippen molar-refractivity contribution in [3.8, 4) is 11.3 Å². The van der Waals surface area contributed by atoms with Gasteiger partial charge in [0.2, 0.25) is 0 Å². The molecule has 2 N–H and O–H groups in total. The summed E-state index contributed by atoms with van der Waals surface area (Å²) in [6.07, 6.45) is 7.24. The zero-order valence-corrected chi connectivity index (χ0v) is 11.7. The topological polar surface area (TPSA) is 58.5 Å². The van der Waals surface area contributed by atoms with E-state index in [-0.39, 0.29) is 0 Å². The molecule has 5 heteroatoms. The first kappa shape index (κ1) is 13.3. The van der Waals surface area contributed by atoms with Crippen LogP contribution in [-0.4, -0.2) is 20.0 Å². The summed E-state index contributed by atoms with van der Waals surface area (Å²) in [6, 6.07) is 10.4. The van der Waals surface area contributed by atoms with Crippen molar-refractivity contribution in [3.05, 3.63) is 66.6 Å². The van der Waals surface area contributed by atoms with Gasteiger partial charge in [-0.15, -0.1) is 0 Å². The van der Waals surface area contributed by atoms with E-state index >= 15 is 0 Å². The number of hydrogen-bond acceptors (Lipinski definition) is 3. The van der Waals surface area contributed by atoms with Gasteiger partial charge in [0, 0.05) is 37.2 Å². The van der Waals surface area contributed by atoms with E-state index in [4.69, 9.17) is 0 Å². The Labute approximate surface area is 123 Å². The Bertz CT molecular complexity index is 695. The van der Waals surface area contributed by atoms with E-state index in [0.29, 0.717) is 0 Å². The fourth-order valence-electron chi connectivity index (χ4n) is 2.14. The van der Waals surface area contributed by atoms with Gasteiger partial charge in [-0.3, -0.25) is 5.10 Å². The number of rotatable bonds is 6. The van der Waals surface area contributed by atoms with Gasteiger partial charge in [0.25, 0.3) is 0 Å². The molecule has 0 bridgehead atoms. The Hall–Kier alpha value is -2.66. The number of H-pyrrole nitrogens is 1. The van der Waals surface area contributed by atoms with E-state index in [2.05, 4.69) is 51.5 Å². The Kier molecular flexibility index (Phi) is 3.93. The second-order valence-corrected chi connectivity index (χ2v) is 4.78. The normalized spacial score (nSPS) is 10.7. The molecule has 0 spiro atoms. The van der Waals surface area contributed by atoms with E-state index < -0.39 is 0 Å². The summed E-state index contributed by atoms with van der Waals surface area (Å²) in [5.41, 5.74) is 4.56. The minimum absolute atomic E-state index is 0.788. The van der Waals surface area contributed by atoms with Crippen LogP contribution in [0.2, 0.25) is 0 Å². The molecule has 3 rings (SSSR count). The third kappa shape index (κ3) is 3.27. The SMILES string of the molecule is C=Cn1cc(CNCc2ccc(-c3ccn[nH]3)cc2)cn1. The van der Waals surface area contributed by atoms with Gasteiger partial charge < -0.3 is 5.32 Å². The van der Waals surface area contributed by atoms with Crippen molar-refractivity contribution in [2.45, 2.75) is 13.1 Å². The molecule has 21 heavy (non-hydrogen) atoms. The van der Waals surface area contributed by atoms with Gasteiger partial charge >= 0.3 is 0 Å². The first-order valence-corrected chi connectivity index (χ1v) is 6.80. The summed E-state index contributed by atoms with van der Waals surface area (Å²) in [6.45, 7) is 5.28. The predicted molar refractivity (Wildman–Crippen MR) is 83.2 cm³/mol. The number of aromatic nitrogens is 4. The number of aromatic amines is 1. The van der Waals surface area contributed by atoms with E-state index in [0.717, 1.165) is 29.9 Å². The van der Waals surface area contributed by atoms with Crippen LogP contribution in [0.4, 0.5) is 0 Å². The first-order valence-electron chi connectivity index (χ1n) is 6.80. The van der Waals surface area contributed by atoms with Gasteiger partial charge in [0.1, 0.15) is 0 Å². The predicted octanol–water partition coefficient (Wildman–Crippen LogP) is 2.66. The summed E-state index contributed by atoms with van der Waals surface area (Å²) < 4.78 is 1.70. The molecule has 0 amide bonds. The van der Waals surface area contributed by atoms with E-state index in [1.165, 1.54) is 5.56 Å². The molecule has 2 aromatic heterocycles. The van der Waals surface area contributed by atoms with Crippen LogP contribution in [0.5, 0.6) is 0 Å². The van der Waals surface area contributed by atoms with Gasteiger partial charge in [0.15, 0.2) is 0 Å². The highest BCUT2D eigenvalue weighted by Crippen LogP contribution is 2.16. The summed E-state index contributed by atoms with van der Waals surface area (Å²) >= 11 is 0. The van der Waals surface area contributed by atoms with Crippen LogP contribution in [0.3, 0.4) is 0 Å². The van der Waals surface area contributed by atoms with Gasteiger partial charge in [-0.2, -0.15) is 10.2 Å². The maximum atomic E-state index is 4.15. The van der Waals surface area contributed by atoms with Gasteiger partial charge in [-0.05, 0) is 17.2 Å². The molecule has 0 radical (unpaired) electrons. The summed E-state index contributed by atoms with van der Waals surface area (Å²) in [7, 11) is 0. The second kappa shape index (κ2) is 6.19. The first-order chi connectivity index (χ1) is 10.3. The lowest BCUT2D eigenvalue weighted by Crippen LogP contribution is -2.12. The van der Waals surface area contributed by atoms with Crippen LogP contribution < -0.4 is 5.32 Å². The van der Waals surface area contributed by atoms with Crippen molar-refractivity contribution >= 4 is 6.20 Å². The minimum Gasteiger partial charge on any atom is -0.309 e. The molecular formula is C16H17N5. The summed E-state index contributed by atoms with van der Waals surface area (Å²) in [5, 5.41) is 14.5. The fourth-order valence-corrected chi connectivity index (χ4v) is 2.14. The lowest BCUT2D eigenvalue weighted by Gasteiger charge is -2.04. The Morgan fingerprint density at radius 3 is 2.62 bits per heavy atom. The largest absolute Gasteiger partial charge is 0.309 e. The summed E-state index contributed by atoms with van der Waals surface area (Å²) in [5.74, 6) is 0. The van der Waals surface area contributed by atoms with Crippen molar-refractivity contribution in [1.82, 2.24) is 25.3 Å². The molecule has 3 aromatic rings. The molecule has 0 unspecified atom stereocenters. The highest BCUT2D eigenvalue weighted by molar-refractivity contribution is 5.58. The quantitative estimate of drug-likeness (QED) is 0.729. The number of hydrogen-bond donors (Lipinski definition) is 2. The van der Waals surface area contributed by atoms with E-state index in [1.807, 2.05) is 18.5 Å². The lowest BCUT2D eigenvalue weighted by molar-refractivity contribution is 0.693. The highest BCUT2D eigenvalue weighted by Gasteiger charge is 2.00. The molecule has 0 aliphatic carbocycles. The highest BCUT2D eigenvalue weighted by atomic mass is 15.2. The van der Waals surface area contributed by atoms with E-state index in [1.54, 1.807) is 17.1 Å². The number of nitrogens with one attached hydrogen (secondary N) is 2. The standard InChI is InChI=1S/C16H17N5/c1-2-21-12-14(11-19-21)10-17-9-13-3-5-15(6-4-13)16-7-8-18-20-16/h2-8,11-12,17H,1,9-10H2,(H,18,20). The smallest absolute Gasteiger partial charge is 0.0650 e. The summed E-state index contributed by atoms with van der Waals surface area (Å²) in [4.78, 5) is 0. The van der Waals surface area contributed by atoms with Crippen LogP contribution >= 0.6 is 0 Å². The number of nitrogens with zero attached hydrogens (tertiary/aromatic N) is 3. The van der Waals surface area contributed by atoms with Crippen LogP contribution in [0, 0.1) is 0 Å². The molecule has 2 heterocycles. The zero-order chi connectivity index (χ0) is 14.5. The third-order valence-electron chi connectivity index (χ3n) is 3.27. The molecule has 0 fully saturated rings. The minimum atomic E-state index is 0.788. The molecule has 0 saturated heterocycles. The molecule has 5 nitrogen and oxygen atoms in total. The lowest BCUT2D eigenvalue weighted by atomic mass is 10.1. The van der Waals surface area contributed by atoms with Crippen LogP contribution in [-0.2, 0) is 13.1 Å². The molecular weight excluding hydrogens is 262 g/mol. The fraction of sp³-hybridized carbons (Fsp3) is 0.125. The van der Waals surface area contributed by atoms with Crippen molar-refractivity contribution in [3.63, 3.8) is 0 Å². The molecule has 106 valence electrons. The molecule has 1 aromatic carbocycles. The van der Waals surface area contributed by atoms with Crippen LogP contribution in [0.15, 0.2) is 55.5 Å². The second-order valence-electron chi connectivity index (χ2n) is 4.78. The van der Waals surface area contributed by atoms with Crippen LogP contribution in [0.25, 0.3) is 17.5 Å². The number of benzene rings is 1. The van der Waals surface area contributed by atoms with Crippen molar-refractivity contribution in [2.75, 3.05) is 0 Å². The van der Waals surface area contributed by atoms with E-state index in [9.17, 15) is 0 Å². The van der Waals surface area contributed by atoms with Crippen LogP contribution in [0.1, 0.15) is 11.1 Å². The van der Waals surface area contributed by atoms with Gasteiger partial charge in [-0.1, -0.05) is 30.8 Å². The maximum absolute atomic E-state index is 4.15. The maximum Gasteiger partial charge on any atom is 0.0650 e. The molecule has 0 atom stereocenters. The average Bonchev–Trinajstić information content (AvgIpc) is 3.19. The Morgan fingerprint density at radius 1 is 1.14 bits per heavy atom. The average molecular weight is 279 g/mol. The zero-order valence-electron chi connectivity index (χ0n) is 11.7. The molecule has 0 aliphatic rings. The molecule has 0 aliphatic heterocycles. The van der Waals surface area contributed by atoms with Crippen molar-refractivity contribution < 1.29 is 0 Å². The van der Waals surface area contributed by atoms with Gasteiger partial charge in [-0.25, -0.2) is 4.68 Å². The van der Waals surface area contributed by atoms with Gasteiger partial charge in [0.05, 0.1) is 11.9 Å². The Balaban J connectivity index is 1.54. The molecule has 0 saturated carbocycles. The third-order valence-corrected chi connectivity index (χ3v) is 3.27. The van der Waals surface area contributed by atoms with Crippen molar-refractivity contribution in [1.29, 1.82) is 0 Å². The Morgan fingerprint density at radius 2 is 1.95 bits per heavy atom.